The van der Waals surface area contributed by atoms with E-state index in [1.807, 2.05) is 16.9 Å². The molecule has 3 rings (SSSR count). The summed E-state index contributed by atoms with van der Waals surface area (Å²) in [5.74, 6) is 1.85. The Kier molecular flexibility index (Phi) is 7.33. The number of aromatic nitrogens is 2. The van der Waals surface area contributed by atoms with Gasteiger partial charge in [-0.25, -0.2) is 0 Å². The van der Waals surface area contributed by atoms with Crippen molar-refractivity contribution in [3.63, 3.8) is 0 Å². The fourth-order valence-corrected chi connectivity index (χ4v) is 3.49. The predicted octanol–water partition coefficient (Wildman–Crippen LogP) is 2.57. The Morgan fingerprint density at radius 2 is 2.15 bits per heavy atom. The van der Waals surface area contributed by atoms with Crippen molar-refractivity contribution in [1.82, 2.24) is 25.3 Å². The number of aryl methyl sites for hydroxylation is 1. The van der Waals surface area contributed by atoms with Crippen molar-refractivity contribution in [3.8, 4) is 0 Å². The maximum absolute atomic E-state index is 5.72. The molecule has 7 nitrogen and oxygen atoms in total. The number of aliphatic imine (C=N–C) groups is 1. The fraction of sp³-hybridized carbons (Fsp3) is 0.600. The van der Waals surface area contributed by atoms with Crippen molar-refractivity contribution in [3.05, 3.63) is 42.1 Å². The van der Waals surface area contributed by atoms with Crippen molar-refractivity contribution in [2.75, 3.05) is 32.7 Å². The van der Waals surface area contributed by atoms with Crippen molar-refractivity contribution >= 4 is 5.96 Å². The van der Waals surface area contributed by atoms with E-state index < -0.39 is 0 Å². The molecular formula is C20H32N6O. The normalized spacial score (nSPS) is 17.0. The minimum atomic E-state index is 0.199. The van der Waals surface area contributed by atoms with E-state index in [0.717, 1.165) is 44.4 Å². The van der Waals surface area contributed by atoms with Gasteiger partial charge in [0.25, 0.3) is 0 Å². The monoisotopic (exact) mass is 372 g/mol. The van der Waals surface area contributed by atoms with Gasteiger partial charge in [-0.05, 0) is 57.5 Å². The third kappa shape index (κ3) is 5.85. The van der Waals surface area contributed by atoms with Crippen molar-refractivity contribution in [2.24, 2.45) is 4.99 Å². The molecule has 1 aliphatic rings. The largest absolute Gasteiger partial charge is 0.468 e. The van der Waals surface area contributed by atoms with Gasteiger partial charge >= 0.3 is 0 Å². The highest BCUT2D eigenvalue weighted by Gasteiger charge is 2.24. The van der Waals surface area contributed by atoms with Crippen LogP contribution in [-0.4, -0.2) is 53.4 Å². The van der Waals surface area contributed by atoms with Crippen LogP contribution in [0.25, 0.3) is 0 Å². The van der Waals surface area contributed by atoms with Crippen LogP contribution in [0.15, 0.2) is 40.2 Å². The molecule has 1 fully saturated rings. The second-order valence-corrected chi connectivity index (χ2v) is 7.06. The van der Waals surface area contributed by atoms with Gasteiger partial charge in [0, 0.05) is 19.3 Å². The fourth-order valence-electron chi connectivity index (χ4n) is 3.49. The van der Waals surface area contributed by atoms with E-state index in [1.165, 1.54) is 24.8 Å². The van der Waals surface area contributed by atoms with Gasteiger partial charge in [-0.1, -0.05) is 6.42 Å². The first kappa shape index (κ1) is 19.5. The van der Waals surface area contributed by atoms with Gasteiger partial charge in [0.2, 0.25) is 0 Å². The summed E-state index contributed by atoms with van der Waals surface area (Å²) < 4.78 is 7.67. The summed E-state index contributed by atoms with van der Waals surface area (Å²) in [5.41, 5.74) is 1.18. The molecule has 2 N–H and O–H groups in total. The molecule has 148 valence electrons. The smallest absolute Gasteiger partial charge is 0.191 e. The summed E-state index contributed by atoms with van der Waals surface area (Å²) in [5, 5.41) is 11.1. The lowest BCUT2D eigenvalue weighted by Crippen LogP contribution is -2.40. The zero-order chi connectivity index (χ0) is 18.9. The van der Waals surface area contributed by atoms with Crippen LogP contribution in [0, 0.1) is 6.92 Å². The quantitative estimate of drug-likeness (QED) is 0.550. The van der Waals surface area contributed by atoms with Crippen LogP contribution in [0.2, 0.25) is 0 Å². The zero-order valence-electron chi connectivity index (χ0n) is 16.5. The Balaban J connectivity index is 1.60. The SMILES string of the molecule is CCNC(=NCC(c1ccco1)N1CCCCC1)NCCn1cc(C)cn1. The number of furan rings is 1. The van der Waals surface area contributed by atoms with E-state index in [0.29, 0.717) is 6.54 Å². The molecule has 0 amide bonds. The molecule has 0 aliphatic carbocycles. The minimum Gasteiger partial charge on any atom is -0.468 e. The molecule has 3 heterocycles. The lowest BCUT2D eigenvalue weighted by molar-refractivity contribution is 0.150. The number of likely N-dealkylation sites (tertiary alicyclic amines) is 1. The van der Waals surface area contributed by atoms with Crippen LogP contribution in [0.5, 0.6) is 0 Å². The number of hydrogen-bond donors (Lipinski definition) is 2. The summed E-state index contributed by atoms with van der Waals surface area (Å²) in [6.45, 7) is 9.48. The maximum Gasteiger partial charge on any atom is 0.191 e. The van der Waals surface area contributed by atoms with Crippen molar-refractivity contribution in [1.29, 1.82) is 0 Å². The molecule has 27 heavy (non-hydrogen) atoms. The standard InChI is InChI=1S/C20H32N6O/c1-3-21-20(22-9-12-26-16-17(2)14-24-26)23-15-18(19-8-7-13-27-19)25-10-5-4-6-11-25/h7-8,13-14,16,18H,3-6,9-12,15H2,1-2H3,(H2,21,22,23). The third-order valence-corrected chi connectivity index (χ3v) is 4.87. The summed E-state index contributed by atoms with van der Waals surface area (Å²) >= 11 is 0. The molecule has 1 atom stereocenters. The van der Waals surface area contributed by atoms with Gasteiger partial charge in [0.15, 0.2) is 5.96 Å². The van der Waals surface area contributed by atoms with Crippen molar-refractivity contribution in [2.45, 2.75) is 45.7 Å². The highest BCUT2D eigenvalue weighted by atomic mass is 16.3. The topological polar surface area (TPSA) is 70.6 Å². The molecule has 0 saturated carbocycles. The zero-order valence-corrected chi connectivity index (χ0v) is 16.5. The number of guanidine groups is 1. The number of nitrogens with zero attached hydrogens (tertiary/aromatic N) is 4. The van der Waals surface area contributed by atoms with Crippen LogP contribution in [0.3, 0.4) is 0 Å². The Bertz CT molecular complexity index is 687. The van der Waals surface area contributed by atoms with Gasteiger partial charge < -0.3 is 15.1 Å². The summed E-state index contributed by atoms with van der Waals surface area (Å²) in [6.07, 6.45) is 9.51. The summed E-state index contributed by atoms with van der Waals surface area (Å²) in [7, 11) is 0. The third-order valence-electron chi connectivity index (χ3n) is 4.87. The van der Waals surface area contributed by atoms with E-state index in [2.05, 4.69) is 46.7 Å². The molecule has 0 spiro atoms. The van der Waals surface area contributed by atoms with E-state index in [1.54, 1.807) is 6.26 Å². The van der Waals surface area contributed by atoms with E-state index in [4.69, 9.17) is 9.41 Å². The van der Waals surface area contributed by atoms with Crippen LogP contribution < -0.4 is 10.6 Å². The molecule has 1 unspecified atom stereocenters. The van der Waals surface area contributed by atoms with Crippen molar-refractivity contribution < 1.29 is 4.42 Å². The number of piperidine rings is 1. The first-order valence-corrected chi connectivity index (χ1v) is 10.0. The van der Waals surface area contributed by atoms with Crippen LogP contribution in [-0.2, 0) is 6.54 Å². The van der Waals surface area contributed by atoms with E-state index >= 15 is 0 Å². The van der Waals surface area contributed by atoms with Gasteiger partial charge in [-0.3, -0.25) is 14.6 Å². The highest BCUT2D eigenvalue weighted by molar-refractivity contribution is 5.79. The minimum absolute atomic E-state index is 0.199. The second kappa shape index (κ2) is 10.2. The summed E-state index contributed by atoms with van der Waals surface area (Å²) in [4.78, 5) is 7.35. The second-order valence-electron chi connectivity index (χ2n) is 7.06. The molecule has 2 aromatic heterocycles. The van der Waals surface area contributed by atoms with Gasteiger partial charge in [0.1, 0.15) is 5.76 Å². The highest BCUT2D eigenvalue weighted by Crippen LogP contribution is 2.25. The number of nitrogens with one attached hydrogen (secondary N) is 2. The van der Waals surface area contributed by atoms with Gasteiger partial charge in [-0.2, -0.15) is 5.10 Å². The molecule has 2 aromatic rings. The molecule has 0 aromatic carbocycles. The Morgan fingerprint density at radius 3 is 2.81 bits per heavy atom. The lowest BCUT2D eigenvalue weighted by atomic mass is 10.1. The molecule has 0 bridgehead atoms. The number of hydrogen-bond acceptors (Lipinski definition) is 4. The van der Waals surface area contributed by atoms with Gasteiger partial charge in [0.05, 0.1) is 31.6 Å². The van der Waals surface area contributed by atoms with E-state index in [9.17, 15) is 0 Å². The lowest BCUT2D eigenvalue weighted by Gasteiger charge is -2.32. The molecule has 7 heteroatoms. The molecule has 1 aliphatic heterocycles. The van der Waals surface area contributed by atoms with Gasteiger partial charge in [-0.15, -0.1) is 0 Å². The van der Waals surface area contributed by atoms with E-state index in [-0.39, 0.29) is 6.04 Å². The van der Waals surface area contributed by atoms with Crippen LogP contribution in [0.4, 0.5) is 0 Å². The first-order chi connectivity index (χ1) is 13.3. The summed E-state index contributed by atoms with van der Waals surface area (Å²) in [6, 6.07) is 4.23. The first-order valence-electron chi connectivity index (χ1n) is 10.0. The molecule has 1 saturated heterocycles. The Labute approximate surface area is 161 Å². The number of rotatable bonds is 8. The average molecular weight is 373 g/mol. The molecule has 0 radical (unpaired) electrons. The Hall–Kier alpha value is -2.28. The predicted molar refractivity (Wildman–Crippen MR) is 108 cm³/mol. The van der Waals surface area contributed by atoms with Crippen LogP contribution in [0.1, 0.15) is 43.6 Å². The molecular weight excluding hydrogens is 340 g/mol. The Morgan fingerprint density at radius 1 is 1.30 bits per heavy atom. The average Bonchev–Trinajstić information content (AvgIpc) is 3.35. The maximum atomic E-state index is 5.72. The van der Waals surface area contributed by atoms with Crippen LogP contribution >= 0.6 is 0 Å².